The molecule has 2 fully saturated rings. The number of carboxylic acid groups (broad SMARTS) is 1. The minimum Gasteiger partial charge on any atom is -0.870 e. The fraction of sp³-hybridized carbons (Fsp3) is 0.333. The summed E-state index contributed by atoms with van der Waals surface area (Å²) in [7, 11) is 0. The number of carbonyl (C=O) groups excluding carboxylic acids is 3. The third-order valence-corrected chi connectivity index (χ3v) is 5.79. The van der Waals surface area contributed by atoms with Crippen molar-refractivity contribution in [1.29, 1.82) is 0 Å². The van der Waals surface area contributed by atoms with Crippen molar-refractivity contribution in [2.24, 2.45) is 11.8 Å². The Morgan fingerprint density at radius 3 is 1.55 bits per heavy atom. The number of hydrogen-bond acceptors (Lipinski definition) is 6. The molecule has 2 aromatic carbocycles. The Morgan fingerprint density at radius 2 is 1.18 bits per heavy atom. The molecule has 0 bridgehead atoms. The molecule has 2 saturated heterocycles. The predicted molar refractivity (Wildman–Crippen MR) is 117 cm³/mol. The van der Waals surface area contributed by atoms with Gasteiger partial charge >= 0.3 is 41.5 Å². The van der Waals surface area contributed by atoms with Gasteiger partial charge in [0.15, 0.2) is 0 Å². The first-order valence-electron chi connectivity index (χ1n) is 10.9. The predicted octanol–water partition coefficient (Wildman–Crippen LogP) is -0.936. The van der Waals surface area contributed by atoms with Crippen LogP contribution in [0.5, 0.6) is 0 Å². The second-order valence-corrected chi connectivity index (χ2v) is 8.15. The minimum atomic E-state index is -1.30. The Kier molecular flexibility index (Phi) is 12.4. The number of amides is 2. The normalized spacial score (nSPS) is 21.6. The summed E-state index contributed by atoms with van der Waals surface area (Å²) in [5.41, 5.74) is 0.446. The summed E-state index contributed by atoms with van der Waals surface area (Å²) in [4.78, 5) is 45.6. The Labute approximate surface area is 236 Å². The molecular formula is C24H23F4N2NaO7. The average molecular weight is 550 g/mol. The molecule has 2 heterocycles. The first-order chi connectivity index (χ1) is 17.0. The van der Waals surface area contributed by atoms with Gasteiger partial charge in [0.2, 0.25) is 11.8 Å². The number of rotatable bonds is 5. The van der Waals surface area contributed by atoms with Crippen LogP contribution < -0.4 is 40.2 Å². The first kappa shape index (κ1) is 33.0. The van der Waals surface area contributed by atoms with Gasteiger partial charge in [-0.1, -0.05) is 0 Å². The van der Waals surface area contributed by atoms with Gasteiger partial charge < -0.3 is 26.0 Å². The zero-order chi connectivity index (χ0) is 26.6. The number of carbonyl (C=O) groups is 4. The number of hydrogen-bond donors (Lipinski definition) is 3. The van der Waals surface area contributed by atoms with Crippen LogP contribution in [0.4, 0.5) is 17.6 Å². The number of halogens is 4. The Morgan fingerprint density at radius 1 is 0.816 bits per heavy atom. The van der Waals surface area contributed by atoms with Crippen molar-refractivity contribution < 1.29 is 81.6 Å². The zero-order valence-corrected chi connectivity index (χ0v) is 22.3. The van der Waals surface area contributed by atoms with Crippen LogP contribution in [0, 0.1) is 35.1 Å². The van der Waals surface area contributed by atoms with E-state index in [2.05, 4.69) is 10.6 Å². The van der Waals surface area contributed by atoms with Crippen molar-refractivity contribution in [3.05, 3.63) is 70.8 Å². The van der Waals surface area contributed by atoms with Crippen LogP contribution in [0.2, 0.25) is 0 Å². The van der Waals surface area contributed by atoms with Gasteiger partial charge in [-0.15, -0.1) is 0 Å². The third kappa shape index (κ3) is 7.76. The van der Waals surface area contributed by atoms with Crippen molar-refractivity contribution in [2.45, 2.75) is 18.8 Å². The van der Waals surface area contributed by atoms with Gasteiger partial charge in [-0.05, 0) is 42.3 Å². The number of aliphatic carboxylic acids is 1. The molecule has 38 heavy (non-hydrogen) atoms. The summed E-state index contributed by atoms with van der Waals surface area (Å²) in [5, 5.41) is 13.8. The average Bonchev–Trinajstić information content (AvgIpc) is 3.36. The van der Waals surface area contributed by atoms with E-state index in [4.69, 9.17) is 9.84 Å². The number of esters is 1. The van der Waals surface area contributed by atoms with E-state index in [0.29, 0.717) is 6.07 Å². The molecule has 2 amide bonds. The molecule has 2 unspecified atom stereocenters. The van der Waals surface area contributed by atoms with Gasteiger partial charge in [-0.25, -0.2) is 17.6 Å². The fourth-order valence-corrected chi connectivity index (χ4v) is 4.23. The maximum Gasteiger partial charge on any atom is 1.00 e. The van der Waals surface area contributed by atoms with Crippen molar-refractivity contribution in [3.8, 4) is 0 Å². The van der Waals surface area contributed by atoms with Gasteiger partial charge in [0.05, 0.1) is 6.61 Å². The smallest absolute Gasteiger partial charge is 0.870 e. The molecule has 4 rings (SSSR count). The number of nitrogens with one attached hydrogen (secondary N) is 2. The Hall–Kier alpha value is -3.00. The SMILES string of the molecule is CCOC(=O)C1C(=O)NC[C@H]1c1cc(F)cc(F)c1.O=C(O)C1C(=O)NC[C@H]1c1cc(F)cc(F)c1.[Na+].[OH-]. The molecule has 0 aromatic heterocycles. The molecule has 9 nitrogen and oxygen atoms in total. The standard InChI is InChI=1S/C13H13F2NO3.C11H9F2NO3.Na.H2O/c1-2-19-13(18)11-10(6-16-12(11)17)7-3-8(14)5-9(15)4-7;12-6-1-5(2-7(13)3-6)8-4-14-10(15)9(8)11(16)17;;/h3-5,10-11H,2,6H2,1H3,(H,16,17);1-3,8-9H,4H2,(H,14,15)(H,16,17);;1H2/q;;+1;/p-1/t10-,11?;8-,9?;;/m00../s1. The second-order valence-electron chi connectivity index (χ2n) is 8.15. The van der Waals surface area contributed by atoms with Crippen LogP contribution in [-0.2, 0) is 23.9 Å². The molecule has 0 radical (unpaired) electrons. The van der Waals surface area contributed by atoms with Gasteiger partial charge in [-0.2, -0.15) is 0 Å². The quantitative estimate of drug-likeness (QED) is 0.188. The molecule has 2 aromatic rings. The van der Waals surface area contributed by atoms with E-state index in [-0.39, 0.29) is 65.9 Å². The Bertz CT molecular complexity index is 1160. The summed E-state index contributed by atoms with van der Waals surface area (Å²) in [6.45, 7) is 2.00. The van der Waals surface area contributed by atoms with E-state index >= 15 is 0 Å². The molecule has 2 aliphatic rings. The van der Waals surface area contributed by atoms with Crippen molar-refractivity contribution in [2.75, 3.05) is 19.7 Å². The molecule has 2 aliphatic heterocycles. The number of ether oxygens (including phenoxy) is 1. The van der Waals surface area contributed by atoms with Crippen LogP contribution >= 0.6 is 0 Å². The van der Waals surface area contributed by atoms with Crippen LogP contribution in [0.1, 0.15) is 29.9 Å². The van der Waals surface area contributed by atoms with Crippen LogP contribution in [0.25, 0.3) is 0 Å². The van der Waals surface area contributed by atoms with Gasteiger partial charge in [-0.3, -0.25) is 19.2 Å². The summed E-state index contributed by atoms with van der Waals surface area (Å²) < 4.78 is 57.2. The molecule has 0 aliphatic carbocycles. The van der Waals surface area contributed by atoms with E-state index in [1.807, 2.05) is 0 Å². The van der Waals surface area contributed by atoms with E-state index in [1.165, 1.54) is 0 Å². The van der Waals surface area contributed by atoms with Crippen LogP contribution in [0.15, 0.2) is 36.4 Å². The summed E-state index contributed by atoms with van der Waals surface area (Å²) in [6.07, 6.45) is 0. The van der Waals surface area contributed by atoms with Gasteiger partial charge in [0.1, 0.15) is 35.1 Å². The second kappa shape index (κ2) is 14.2. The first-order valence-corrected chi connectivity index (χ1v) is 10.9. The molecule has 4 N–H and O–H groups in total. The van der Waals surface area contributed by atoms with E-state index in [1.54, 1.807) is 6.92 Å². The molecule has 0 spiro atoms. The maximum atomic E-state index is 13.2. The maximum absolute atomic E-state index is 13.2. The van der Waals surface area contributed by atoms with E-state index in [0.717, 1.165) is 30.3 Å². The van der Waals surface area contributed by atoms with E-state index in [9.17, 15) is 36.7 Å². The van der Waals surface area contributed by atoms with E-state index < -0.39 is 70.7 Å². The summed E-state index contributed by atoms with van der Waals surface area (Å²) >= 11 is 0. The van der Waals surface area contributed by atoms with Crippen molar-refractivity contribution in [1.82, 2.24) is 10.6 Å². The number of carboxylic acids is 1. The molecular weight excluding hydrogens is 527 g/mol. The minimum absolute atomic E-state index is 0. The largest absolute Gasteiger partial charge is 1.00 e. The number of benzene rings is 2. The summed E-state index contributed by atoms with van der Waals surface area (Å²) in [6, 6.07) is 5.78. The topological polar surface area (TPSA) is 152 Å². The van der Waals surface area contributed by atoms with Crippen molar-refractivity contribution in [3.63, 3.8) is 0 Å². The molecule has 200 valence electrons. The van der Waals surface area contributed by atoms with Crippen LogP contribution in [-0.4, -0.2) is 54.0 Å². The monoisotopic (exact) mass is 550 g/mol. The molecule has 0 saturated carbocycles. The third-order valence-electron chi connectivity index (χ3n) is 5.79. The summed E-state index contributed by atoms with van der Waals surface area (Å²) in [5.74, 6) is -9.85. The molecule has 14 heteroatoms. The fourth-order valence-electron chi connectivity index (χ4n) is 4.23. The molecule has 4 atom stereocenters. The van der Waals surface area contributed by atoms with Gasteiger partial charge in [0, 0.05) is 37.1 Å². The van der Waals surface area contributed by atoms with Crippen molar-refractivity contribution >= 4 is 23.8 Å². The Balaban J connectivity index is 0.000000363. The van der Waals surface area contributed by atoms with Gasteiger partial charge in [0.25, 0.3) is 0 Å². The zero-order valence-electron chi connectivity index (χ0n) is 20.3. The van der Waals surface area contributed by atoms with Crippen LogP contribution in [0.3, 0.4) is 0 Å².